The van der Waals surface area contributed by atoms with Gasteiger partial charge < -0.3 is 15.5 Å². The Hall–Kier alpha value is -2.96. The predicted molar refractivity (Wildman–Crippen MR) is 95.2 cm³/mol. The summed E-state index contributed by atoms with van der Waals surface area (Å²) >= 11 is 0. The number of hydrogen-bond acceptors (Lipinski definition) is 2. The number of carbonyl (C=O) groups excluding carboxylic acids is 2. The van der Waals surface area contributed by atoms with Crippen LogP contribution in [0.15, 0.2) is 36.4 Å². The summed E-state index contributed by atoms with van der Waals surface area (Å²) in [7, 11) is 0. The molecule has 0 aliphatic carbocycles. The van der Waals surface area contributed by atoms with E-state index in [9.17, 15) is 18.4 Å². The molecule has 2 N–H and O–H groups in total. The molecule has 5 nitrogen and oxygen atoms in total. The average molecular weight is 359 g/mol. The molecule has 7 heteroatoms. The summed E-state index contributed by atoms with van der Waals surface area (Å²) in [5.41, 5.74) is 2.99. The van der Waals surface area contributed by atoms with Gasteiger partial charge in [0.1, 0.15) is 17.7 Å². The van der Waals surface area contributed by atoms with Crippen LogP contribution in [0.1, 0.15) is 17.5 Å². The first-order valence-corrected chi connectivity index (χ1v) is 8.26. The first kappa shape index (κ1) is 17.8. The number of nitrogens with zero attached hydrogens (tertiary/aromatic N) is 1. The van der Waals surface area contributed by atoms with Crippen molar-refractivity contribution < 1.29 is 18.4 Å². The lowest BCUT2D eigenvalue weighted by molar-refractivity contribution is -0.118. The van der Waals surface area contributed by atoms with Gasteiger partial charge in [0.25, 0.3) is 0 Å². The average Bonchev–Trinajstić information content (AvgIpc) is 2.90. The van der Waals surface area contributed by atoms with Crippen LogP contribution < -0.4 is 15.5 Å². The lowest BCUT2D eigenvalue weighted by atomic mass is 10.1. The van der Waals surface area contributed by atoms with Crippen LogP contribution in [0.5, 0.6) is 0 Å². The molecule has 0 aromatic heterocycles. The first-order chi connectivity index (χ1) is 12.3. The number of anilines is 2. The second kappa shape index (κ2) is 7.11. The molecule has 26 heavy (non-hydrogen) atoms. The number of nitrogens with one attached hydrogen (secondary N) is 2. The van der Waals surface area contributed by atoms with Crippen LogP contribution in [-0.2, 0) is 4.79 Å². The molecule has 0 radical (unpaired) electrons. The van der Waals surface area contributed by atoms with Crippen LogP contribution in [0.25, 0.3) is 0 Å². The van der Waals surface area contributed by atoms with E-state index in [1.807, 2.05) is 32.0 Å². The highest BCUT2D eigenvalue weighted by molar-refractivity contribution is 6.02. The van der Waals surface area contributed by atoms with Gasteiger partial charge in [0.05, 0.1) is 0 Å². The highest BCUT2D eigenvalue weighted by Crippen LogP contribution is 2.24. The Morgan fingerprint density at radius 3 is 2.42 bits per heavy atom. The van der Waals surface area contributed by atoms with E-state index in [0.717, 1.165) is 28.9 Å². The van der Waals surface area contributed by atoms with E-state index in [0.29, 0.717) is 19.0 Å². The molecule has 1 atom stereocenters. The molecule has 1 aliphatic heterocycles. The summed E-state index contributed by atoms with van der Waals surface area (Å²) < 4.78 is 26.3. The SMILES string of the molecule is Cc1ccc(N2CC[C@H](NC(=O)Nc3cc(F)cc(F)c3)C2=O)cc1C. The quantitative estimate of drug-likeness (QED) is 0.881. The molecule has 3 amide bonds. The second-order valence-electron chi connectivity index (χ2n) is 6.36. The molecule has 3 rings (SSSR count). The Morgan fingerprint density at radius 1 is 1.08 bits per heavy atom. The van der Waals surface area contributed by atoms with Gasteiger partial charge in [0, 0.05) is 24.0 Å². The lowest BCUT2D eigenvalue weighted by Gasteiger charge is -2.18. The standard InChI is InChI=1S/C19H19F2N3O2/c1-11-3-4-16(7-12(11)2)24-6-5-17(18(24)25)23-19(26)22-15-9-13(20)8-14(21)10-15/h3-4,7-10,17H,5-6H2,1-2H3,(H2,22,23,26)/t17-/m0/s1. The van der Waals surface area contributed by atoms with Crippen molar-refractivity contribution in [3.05, 3.63) is 59.2 Å². The van der Waals surface area contributed by atoms with Gasteiger partial charge in [-0.05, 0) is 55.7 Å². The molecule has 1 saturated heterocycles. The summed E-state index contributed by atoms with van der Waals surface area (Å²) in [6, 6.07) is 7.10. The number of urea groups is 1. The third-order valence-corrected chi connectivity index (χ3v) is 4.43. The van der Waals surface area contributed by atoms with E-state index in [1.54, 1.807) is 4.90 Å². The van der Waals surface area contributed by atoms with Crippen molar-refractivity contribution in [3.8, 4) is 0 Å². The molecule has 0 bridgehead atoms. The number of aryl methyl sites for hydroxylation is 2. The maximum absolute atomic E-state index is 13.2. The Morgan fingerprint density at radius 2 is 1.77 bits per heavy atom. The zero-order chi connectivity index (χ0) is 18.8. The molecule has 2 aromatic carbocycles. The molecule has 0 saturated carbocycles. The summed E-state index contributed by atoms with van der Waals surface area (Å²) in [5.74, 6) is -1.80. The molecule has 0 spiro atoms. The van der Waals surface area contributed by atoms with E-state index in [2.05, 4.69) is 10.6 Å². The van der Waals surface area contributed by atoms with E-state index in [1.165, 1.54) is 0 Å². The molecule has 0 unspecified atom stereocenters. The Kier molecular flexibility index (Phi) is 4.88. The number of carbonyl (C=O) groups is 2. The molecule has 1 fully saturated rings. The van der Waals surface area contributed by atoms with Gasteiger partial charge in [0.2, 0.25) is 5.91 Å². The number of hydrogen-bond donors (Lipinski definition) is 2. The lowest BCUT2D eigenvalue weighted by Crippen LogP contribution is -2.43. The summed E-state index contributed by atoms with van der Waals surface area (Å²) in [6.07, 6.45) is 0.455. The molecule has 1 aliphatic rings. The smallest absolute Gasteiger partial charge is 0.319 e. The van der Waals surface area contributed by atoms with Crippen molar-refractivity contribution in [2.24, 2.45) is 0 Å². The first-order valence-electron chi connectivity index (χ1n) is 8.26. The van der Waals surface area contributed by atoms with Crippen LogP contribution in [0.3, 0.4) is 0 Å². The number of halogens is 2. The van der Waals surface area contributed by atoms with Crippen molar-refractivity contribution in [2.75, 3.05) is 16.8 Å². The summed E-state index contributed by atoms with van der Waals surface area (Å²) in [6.45, 7) is 4.45. The van der Waals surface area contributed by atoms with Crippen LogP contribution in [0, 0.1) is 25.5 Å². The van der Waals surface area contributed by atoms with Crippen LogP contribution in [0.4, 0.5) is 25.0 Å². The summed E-state index contributed by atoms with van der Waals surface area (Å²) in [4.78, 5) is 26.2. The van der Waals surface area contributed by atoms with Crippen molar-refractivity contribution >= 4 is 23.3 Å². The highest BCUT2D eigenvalue weighted by atomic mass is 19.1. The fraction of sp³-hybridized carbons (Fsp3) is 0.263. The van der Waals surface area contributed by atoms with Gasteiger partial charge in [0.15, 0.2) is 0 Å². The maximum Gasteiger partial charge on any atom is 0.319 e. The van der Waals surface area contributed by atoms with Gasteiger partial charge in [-0.2, -0.15) is 0 Å². The third kappa shape index (κ3) is 3.82. The van der Waals surface area contributed by atoms with E-state index < -0.39 is 23.7 Å². The minimum Gasteiger partial charge on any atom is -0.326 e. The number of rotatable bonds is 3. The number of benzene rings is 2. The van der Waals surface area contributed by atoms with Gasteiger partial charge in [-0.3, -0.25) is 4.79 Å². The van der Waals surface area contributed by atoms with Gasteiger partial charge in [-0.1, -0.05) is 6.07 Å². The fourth-order valence-electron chi connectivity index (χ4n) is 2.92. The third-order valence-electron chi connectivity index (χ3n) is 4.43. The van der Waals surface area contributed by atoms with Crippen LogP contribution in [-0.4, -0.2) is 24.5 Å². The molecular formula is C19H19F2N3O2. The van der Waals surface area contributed by atoms with Crippen molar-refractivity contribution in [1.29, 1.82) is 0 Å². The molecular weight excluding hydrogens is 340 g/mol. The van der Waals surface area contributed by atoms with E-state index in [-0.39, 0.29) is 11.6 Å². The fourth-order valence-corrected chi connectivity index (χ4v) is 2.92. The minimum absolute atomic E-state index is 0.0172. The Labute approximate surface area is 150 Å². The van der Waals surface area contributed by atoms with E-state index in [4.69, 9.17) is 0 Å². The number of amides is 3. The van der Waals surface area contributed by atoms with E-state index >= 15 is 0 Å². The Bertz CT molecular complexity index is 850. The predicted octanol–water partition coefficient (Wildman–Crippen LogP) is 3.51. The van der Waals surface area contributed by atoms with Crippen LogP contribution in [0.2, 0.25) is 0 Å². The second-order valence-corrected chi connectivity index (χ2v) is 6.36. The normalized spacial score (nSPS) is 16.7. The Balaban J connectivity index is 1.64. The molecule has 1 heterocycles. The van der Waals surface area contributed by atoms with Gasteiger partial charge in [-0.25, -0.2) is 13.6 Å². The minimum atomic E-state index is -0.793. The zero-order valence-corrected chi connectivity index (χ0v) is 14.5. The maximum atomic E-state index is 13.2. The van der Waals surface area contributed by atoms with Crippen molar-refractivity contribution in [1.82, 2.24) is 5.32 Å². The summed E-state index contributed by atoms with van der Waals surface area (Å²) in [5, 5.41) is 4.90. The van der Waals surface area contributed by atoms with Gasteiger partial charge >= 0.3 is 6.03 Å². The molecule has 2 aromatic rings. The van der Waals surface area contributed by atoms with Crippen molar-refractivity contribution in [2.45, 2.75) is 26.3 Å². The highest BCUT2D eigenvalue weighted by Gasteiger charge is 2.33. The zero-order valence-electron chi connectivity index (χ0n) is 14.5. The van der Waals surface area contributed by atoms with Gasteiger partial charge in [-0.15, -0.1) is 0 Å². The van der Waals surface area contributed by atoms with Crippen LogP contribution >= 0.6 is 0 Å². The van der Waals surface area contributed by atoms with Crippen molar-refractivity contribution in [3.63, 3.8) is 0 Å². The largest absolute Gasteiger partial charge is 0.326 e. The molecule has 136 valence electrons. The topological polar surface area (TPSA) is 61.4 Å². The monoisotopic (exact) mass is 359 g/mol.